The van der Waals surface area contributed by atoms with E-state index < -0.39 is 5.82 Å². The Hall–Kier alpha value is -2.34. The highest BCUT2D eigenvalue weighted by Gasteiger charge is 2.11. The van der Waals surface area contributed by atoms with Gasteiger partial charge in [-0.2, -0.15) is 0 Å². The standard InChI is InChI=1S/C15H18FN3O2/c1-2-19(9-12-4-3-7-21-12)10-15(20)18-11-5-6-13(16)14(17)8-11/h3-8H,2,9-10,17H2,1H3,(H,18,20). The van der Waals surface area contributed by atoms with Crippen LogP contribution in [0.15, 0.2) is 41.0 Å². The molecule has 2 aromatic rings. The second kappa shape index (κ2) is 6.90. The van der Waals surface area contributed by atoms with Crippen LogP contribution < -0.4 is 11.1 Å². The number of anilines is 2. The van der Waals surface area contributed by atoms with E-state index in [2.05, 4.69) is 5.32 Å². The molecule has 5 nitrogen and oxygen atoms in total. The Bertz CT molecular complexity index is 599. The Labute approximate surface area is 122 Å². The van der Waals surface area contributed by atoms with Crippen molar-refractivity contribution < 1.29 is 13.6 Å². The Morgan fingerprint density at radius 3 is 2.86 bits per heavy atom. The van der Waals surface area contributed by atoms with Crippen molar-refractivity contribution in [3.8, 4) is 0 Å². The van der Waals surface area contributed by atoms with Crippen LogP contribution in [0.3, 0.4) is 0 Å². The van der Waals surface area contributed by atoms with Crippen molar-refractivity contribution in [2.75, 3.05) is 24.1 Å². The van der Waals surface area contributed by atoms with E-state index in [1.807, 2.05) is 24.0 Å². The van der Waals surface area contributed by atoms with Crippen LogP contribution in [0.5, 0.6) is 0 Å². The van der Waals surface area contributed by atoms with E-state index in [0.717, 1.165) is 5.76 Å². The number of nitrogen functional groups attached to an aromatic ring is 1. The molecule has 0 bridgehead atoms. The zero-order valence-electron chi connectivity index (χ0n) is 11.8. The monoisotopic (exact) mass is 291 g/mol. The SMILES string of the molecule is CCN(CC(=O)Nc1ccc(F)c(N)c1)Cc1ccco1. The van der Waals surface area contributed by atoms with Crippen molar-refractivity contribution in [3.05, 3.63) is 48.2 Å². The van der Waals surface area contributed by atoms with E-state index in [0.29, 0.717) is 18.8 Å². The first-order valence-corrected chi connectivity index (χ1v) is 6.68. The molecule has 1 aromatic heterocycles. The summed E-state index contributed by atoms with van der Waals surface area (Å²) in [6.45, 7) is 3.45. The zero-order valence-corrected chi connectivity index (χ0v) is 11.8. The number of hydrogen-bond donors (Lipinski definition) is 2. The lowest BCUT2D eigenvalue weighted by Gasteiger charge is -2.18. The minimum atomic E-state index is -0.499. The first-order chi connectivity index (χ1) is 10.1. The fraction of sp³-hybridized carbons (Fsp3) is 0.267. The number of carbonyl (C=O) groups excluding carboxylic acids is 1. The summed E-state index contributed by atoms with van der Waals surface area (Å²) >= 11 is 0. The van der Waals surface area contributed by atoms with E-state index in [1.165, 1.54) is 18.2 Å². The van der Waals surface area contributed by atoms with Crippen LogP contribution in [0, 0.1) is 5.82 Å². The number of benzene rings is 1. The molecule has 3 N–H and O–H groups in total. The zero-order chi connectivity index (χ0) is 15.2. The summed E-state index contributed by atoms with van der Waals surface area (Å²) in [7, 11) is 0. The lowest BCUT2D eigenvalue weighted by Crippen LogP contribution is -2.32. The van der Waals surface area contributed by atoms with Crippen LogP contribution in [0.2, 0.25) is 0 Å². The first-order valence-electron chi connectivity index (χ1n) is 6.68. The molecule has 0 saturated heterocycles. The predicted molar refractivity (Wildman–Crippen MR) is 79.1 cm³/mol. The summed E-state index contributed by atoms with van der Waals surface area (Å²) in [6, 6.07) is 7.78. The Morgan fingerprint density at radius 2 is 2.24 bits per heavy atom. The number of furan rings is 1. The highest BCUT2D eigenvalue weighted by Crippen LogP contribution is 2.16. The lowest BCUT2D eigenvalue weighted by atomic mass is 10.2. The average Bonchev–Trinajstić information content (AvgIpc) is 2.95. The third kappa shape index (κ3) is 4.32. The molecule has 0 aliphatic rings. The van der Waals surface area contributed by atoms with Gasteiger partial charge < -0.3 is 15.5 Å². The van der Waals surface area contributed by atoms with Crippen molar-refractivity contribution in [2.24, 2.45) is 0 Å². The van der Waals surface area contributed by atoms with Crippen LogP contribution in [0.1, 0.15) is 12.7 Å². The molecule has 0 fully saturated rings. The molecule has 0 spiro atoms. The first kappa shape index (κ1) is 15.1. The van der Waals surface area contributed by atoms with Crippen LogP contribution in [-0.4, -0.2) is 23.9 Å². The predicted octanol–water partition coefficient (Wildman–Crippen LogP) is 2.46. The second-order valence-corrected chi connectivity index (χ2v) is 4.67. The minimum Gasteiger partial charge on any atom is -0.468 e. The number of rotatable bonds is 6. The summed E-state index contributed by atoms with van der Waals surface area (Å²) in [5.41, 5.74) is 5.95. The maximum atomic E-state index is 13.1. The summed E-state index contributed by atoms with van der Waals surface area (Å²) in [5.74, 6) is 0.117. The van der Waals surface area contributed by atoms with E-state index in [-0.39, 0.29) is 18.1 Å². The number of nitrogens with zero attached hydrogens (tertiary/aromatic N) is 1. The summed E-state index contributed by atoms with van der Waals surface area (Å²) in [6.07, 6.45) is 1.60. The quantitative estimate of drug-likeness (QED) is 0.802. The number of amides is 1. The molecule has 1 amide bonds. The van der Waals surface area contributed by atoms with Gasteiger partial charge in [0, 0.05) is 5.69 Å². The van der Waals surface area contributed by atoms with Gasteiger partial charge in [-0.3, -0.25) is 9.69 Å². The van der Waals surface area contributed by atoms with E-state index >= 15 is 0 Å². The van der Waals surface area contributed by atoms with E-state index in [9.17, 15) is 9.18 Å². The van der Waals surface area contributed by atoms with Gasteiger partial charge in [-0.05, 0) is 36.9 Å². The van der Waals surface area contributed by atoms with Crippen LogP contribution in [-0.2, 0) is 11.3 Å². The Kier molecular flexibility index (Phi) is 4.94. The van der Waals surface area contributed by atoms with Gasteiger partial charge in [0.1, 0.15) is 11.6 Å². The van der Waals surface area contributed by atoms with E-state index in [1.54, 1.807) is 6.26 Å². The molecule has 0 atom stereocenters. The van der Waals surface area contributed by atoms with Gasteiger partial charge in [-0.15, -0.1) is 0 Å². The second-order valence-electron chi connectivity index (χ2n) is 4.67. The smallest absolute Gasteiger partial charge is 0.238 e. The van der Waals surface area contributed by atoms with Crippen molar-refractivity contribution >= 4 is 17.3 Å². The van der Waals surface area contributed by atoms with Crippen LogP contribution >= 0.6 is 0 Å². The number of carbonyl (C=O) groups is 1. The third-order valence-corrected chi connectivity index (χ3v) is 3.05. The van der Waals surface area contributed by atoms with Crippen LogP contribution in [0.4, 0.5) is 15.8 Å². The molecule has 0 radical (unpaired) electrons. The molecule has 112 valence electrons. The number of nitrogens with two attached hydrogens (primary N) is 1. The number of halogens is 1. The molecule has 21 heavy (non-hydrogen) atoms. The Morgan fingerprint density at radius 1 is 1.43 bits per heavy atom. The highest BCUT2D eigenvalue weighted by molar-refractivity contribution is 5.92. The lowest BCUT2D eigenvalue weighted by molar-refractivity contribution is -0.117. The summed E-state index contributed by atoms with van der Waals surface area (Å²) in [4.78, 5) is 13.9. The van der Waals surface area contributed by atoms with Gasteiger partial charge in [0.25, 0.3) is 0 Å². The van der Waals surface area contributed by atoms with E-state index in [4.69, 9.17) is 10.2 Å². The molecule has 1 aromatic carbocycles. The summed E-state index contributed by atoms with van der Waals surface area (Å²) < 4.78 is 18.3. The summed E-state index contributed by atoms with van der Waals surface area (Å²) in [5, 5.41) is 2.70. The van der Waals surface area contributed by atoms with Gasteiger partial charge >= 0.3 is 0 Å². The molecule has 6 heteroatoms. The largest absolute Gasteiger partial charge is 0.468 e. The fourth-order valence-electron chi connectivity index (χ4n) is 1.93. The molecular weight excluding hydrogens is 273 g/mol. The molecule has 0 aliphatic carbocycles. The van der Waals surface area contributed by atoms with Crippen molar-refractivity contribution in [3.63, 3.8) is 0 Å². The van der Waals surface area contributed by atoms with Crippen molar-refractivity contribution in [2.45, 2.75) is 13.5 Å². The van der Waals surface area contributed by atoms with Gasteiger partial charge in [-0.25, -0.2) is 4.39 Å². The minimum absolute atomic E-state index is 0.00994. The number of likely N-dealkylation sites (N-methyl/N-ethyl adjacent to an activating group) is 1. The number of nitrogens with one attached hydrogen (secondary N) is 1. The maximum Gasteiger partial charge on any atom is 0.238 e. The van der Waals surface area contributed by atoms with Gasteiger partial charge in [0.2, 0.25) is 5.91 Å². The van der Waals surface area contributed by atoms with Crippen LogP contribution in [0.25, 0.3) is 0 Å². The molecule has 1 heterocycles. The third-order valence-electron chi connectivity index (χ3n) is 3.05. The molecule has 0 aliphatic heterocycles. The fourth-order valence-corrected chi connectivity index (χ4v) is 1.93. The molecule has 0 unspecified atom stereocenters. The molecular formula is C15H18FN3O2. The highest BCUT2D eigenvalue weighted by atomic mass is 19.1. The normalized spacial score (nSPS) is 10.8. The molecule has 0 saturated carbocycles. The maximum absolute atomic E-state index is 13.1. The number of hydrogen-bond acceptors (Lipinski definition) is 4. The van der Waals surface area contributed by atoms with Crippen molar-refractivity contribution in [1.29, 1.82) is 0 Å². The topological polar surface area (TPSA) is 71.5 Å². The Balaban J connectivity index is 1.91. The van der Waals surface area contributed by atoms with Gasteiger partial charge in [0.15, 0.2) is 0 Å². The molecule has 2 rings (SSSR count). The van der Waals surface area contributed by atoms with Gasteiger partial charge in [-0.1, -0.05) is 6.92 Å². The average molecular weight is 291 g/mol. The van der Waals surface area contributed by atoms with Gasteiger partial charge in [0.05, 0.1) is 25.0 Å². The van der Waals surface area contributed by atoms with Crippen molar-refractivity contribution in [1.82, 2.24) is 4.90 Å².